The normalized spacial score (nSPS) is 20.5. The maximum atomic E-state index is 12.5. The summed E-state index contributed by atoms with van der Waals surface area (Å²) >= 11 is 1.64. The monoisotopic (exact) mass is 360 g/mol. The molecule has 1 aromatic carbocycles. The largest absolute Gasteiger partial charge is 0.496 e. The number of thioether (sulfide) groups is 1. The molecule has 1 aromatic rings. The second-order valence-electron chi connectivity index (χ2n) is 5.39. The van der Waals surface area contributed by atoms with E-state index < -0.39 is 0 Å². The van der Waals surface area contributed by atoms with Crippen LogP contribution >= 0.6 is 24.2 Å². The molecule has 0 aliphatic carbocycles. The zero-order valence-electron chi connectivity index (χ0n) is 14.0. The summed E-state index contributed by atoms with van der Waals surface area (Å²) in [6, 6.07) is 5.78. The molecule has 1 saturated heterocycles. The van der Waals surface area contributed by atoms with Crippen molar-refractivity contribution in [2.24, 2.45) is 0 Å². The first kappa shape index (κ1) is 20.1. The van der Waals surface area contributed by atoms with Gasteiger partial charge in [-0.05, 0) is 30.9 Å². The van der Waals surface area contributed by atoms with Crippen molar-refractivity contribution < 1.29 is 14.3 Å². The van der Waals surface area contributed by atoms with Crippen LogP contribution in [0.25, 0.3) is 0 Å². The number of carbonyl (C=O) groups is 1. The van der Waals surface area contributed by atoms with Crippen LogP contribution in [0.3, 0.4) is 0 Å². The lowest BCUT2D eigenvalue weighted by Crippen LogP contribution is -2.55. The molecular formula is C16H25ClN2O3S. The summed E-state index contributed by atoms with van der Waals surface area (Å²) in [6.45, 7) is 3.85. The highest BCUT2D eigenvalue weighted by atomic mass is 35.5. The lowest BCUT2D eigenvalue weighted by molar-refractivity contribution is -0.138. The topological polar surface area (TPSA) is 50.8 Å². The van der Waals surface area contributed by atoms with Crippen molar-refractivity contribution in [2.45, 2.75) is 30.5 Å². The van der Waals surface area contributed by atoms with Crippen LogP contribution in [-0.2, 0) is 16.1 Å². The summed E-state index contributed by atoms with van der Waals surface area (Å²) in [6.07, 6.45) is 1.92. The maximum Gasteiger partial charge on any atom is 0.242 e. The van der Waals surface area contributed by atoms with Crippen LogP contribution in [0.4, 0.5) is 0 Å². The first-order chi connectivity index (χ1) is 10.6. The van der Waals surface area contributed by atoms with Gasteiger partial charge in [0.1, 0.15) is 11.8 Å². The van der Waals surface area contributed by atoms with Crippen molar-refractivity contribution in [3.63, 3.8) is 0 Å². The molecule has 0 bridgehead atoms. The minimum atomic E-state index is -0.272. The van der Waals surface area contributed by atoms with Gasteiger partial charge in [0.15, 0.2) is 0 Å². The van der Waals surface area contributed by atoms with Crippen LogP contribution in [0.5, 0.6) is 5.75 Å². The Kier molecular flexibility index (Phi) is 8.19. The van der Waals surface area contributed by atoms with Gasteiger partial charge in [-0.25, -0.2) is 0 Å². The number of halogens is 1. The molecule has 1 fully saturated rings. The van der Waals surface area contributed by atoms with Crippen molar-refractivity contribution in [3.05, 3.63) is 23.8 Å². The fraction of sp³-hybridized carbons (Fsp3) is 0.562. The summed E-state index contributed by atoms with van der Waals surface area (Å²) in [7, 11) is 3.49. The van der Waals surface area contributed by atoms with Gasteiger partial charge in [0.25, 0.3) is 0 Å². The van der Waals surface area contributed by atoms with Gasteiger partial charge in [-0.2, -0.15) is 0 Å². The molecule has 2 atom stereocenters. The Morgan fingerprint density at radius 2 is 2.26 bits per heavy atom. The molecule has 0 spiro atoms. The van der Waals surface area contributed by atoms with E-state index in [9.17, 15) is 4.79 Å². The SMILES string of the molecule is COc1cc(CN(C)C(=O)[C@H]2NCCO[C@@H]2C)ccc1SC.Cl. The third-order valence-electron chi connectivity index (χ3n) is 3.83. The van der Waals surface area contributed by atoms with Gasteiger partial charge in [0.05, 0.1) is 19.8 Å². The van der Waals surface area contributed by atoms with E-state index in [0.717, 1.165) is 16.2 Å². The standard InChI is InChI=1S/C16H24N2O3S.ClH/c1-11-15(17-7-8-21-11)16(19)18(2)10-12-5-6-14(22-4)13(9-12)20-3;/h5-6,9,11,15,17H,7-8,10H2,1-4H3;1H/t11-,15+;/m1./s1. The Morgan fingerprint density at radius 3 is 2.87 bits per heavy atom. The van der Waals surface area contributed by atoms with Gasteiger partial charge in [-0.3, -0.25) is 4.79 Å². The molecule has 1 amide bonds. The molecule has 0 aromatic heterocycles. The maximum absolute atomic E-state index is 12.5. The van der Waals surface area contributed by atoms with Crippen LogP contribution in [0.2, 0.25) is 0 Å². The molecule has 1 heterocycles. The number of hydrogen-bond acceptors (Lipinski definition) is 5. The second kappa shape index (κ2) is 9.37. The molecule has 1 aliphatic heterocycles. The molecule has 5 nitrogen and oxygen atoms in total. The minimum Gasteiger partial charge on any atom is -0.496 e. The van der Waals surface area contributed by atoms with E-state index in [4.69, 9.17) is 9.47 Å². The summed E-state index contributed by atoms with van der Waals surface area (Å²) in [5, 5.41) is 3.23. The van der Waals surface area contributed by atoms with E-state index >= 15 is 0 Å². The Morgan fingerprint density at radius 1 is 1.52 bits per heavy atom. The second-order valence-corrected chi connectivity index (χ2v) is 6.24. The molecule has 0 unspecified atom stereocenters. The first-order valence-corrected chi connectivity index (χ1v) is 8.60. The number of amides is 1. The third kappa shape index (κ3) is 5.01. The molecule has 0 radical (unpaired) electrons. The Hall–Kier alpha value is -0.950. The zero-order chi connectivity index (χ0) is 16.1. The Balaban J connectivity index is 0.00000264. The molecule has 23 heavy (non-hydrogen) atoms. The molecule has 2 rings (SSSR count). The van der Waals surface area contributed by atoms with Gasteiger partial charge in [-0.15, -0.1) is 24.2 Å². The number of likely N-dealkylation sites (N-methyl/N-ethyl adjacent to an activating group) is 1. The summed E-state index contributed by atoms with van der Waals surface area (Å²) in [5.74, 6) is 0.901. The number of carbonyl (C=O) groups excluding carboxylic acids is 1. The van der Waals surface area contributed by atoms with Crippen molar-refractivity contribution in [2.75, 3.05) is 33.6 Å². The molecule has 1 N–H and O–H groups in total. The van der Waals surface area contributed by atoms with Gasteiger partial charge in [-0.1, -0.05) is 6.07 Å². The highest BCUT2D eigenvalue weighted by Gasteiger charge is 2.30. The summed E-state index contributed by atoms with van der Waals surface area (Å²) in [4.78, 5) is 15.4. The number of rotatable bonds is 5. The van der Waals surface area contributed by atoms with Crippen molar-refractivity contribution in [1.82, 2.24) is 10.2 Å². The predicted molar refractivity (Wildman–Crippen MR) is 95.7 cm³/mol. The number of hydrogen-bond donors (Lipinski definition) is 1. The van der Waals surface area contributed by atoms with Crippen molar-refractivity contribution >= 4 is 30.1 Å². The molecule has 1 aliphatic rings. The number of benzene rings is 1. The Bertz CT molecular complexity index is 530. The average molecular weight is 361 g/mol. The molecule has 0 saturated carbocycles. The lowest BCUT2D eigenvalue weighted by atomic mass is 10.1. The van der Waals surface area contributed by atoms with Crippen molar-refractivity contribution in [1.29, 1.82) is 0 Å². The fourth-order valence-corrected chi connectivity index (χ4v) is 3.13. The van der Waals surface area contributed by atoms with Gasteiger partial charge in [0.2, 0.25) is 5.91 Å². The van der Waals surface area contributed by atoms with Gasteiger partial charge in [0, 0.05) is 25.0 Å². The first-order valence-electron chi connectivity index (χ1n) is 7.37. The van der Waals surface area contributed by atoms with Gasteiger partial charge >= 0.3 is 0 Å². The predicted octanol–water partition coefficient (Wildman–Crippen LogP) is 2.17. The highest BCUT2D eigenvalue weighted by molar-refractivity contribution is 7.98. The van der Waals surface area contributed by atoms with Crippen LogP contribution in [0.1, 0.15) is 12.5 Å². The zero-order valence-corrected chi connectivity index (χ0v) is 15.6. The number of methoxy groups -OCH3 is 1. The lowest BCUT2D eigenvalue weighted by Gasteiger charge is -2.32. The minimum absolute atomic E-state index is 0. The summed E-state index contributed by atoms with van der Waals surface area (Å²) in [5.41, 5.74) is 1.05. The average Bonchev–Trinajstić information content (AvgIpc) is 2.54. The quantitative estimate of drug-likeness (QED) is 0.815. The number of ether oxygens (including phenoxy) is 2. The van der Waals surface area contributed by atoms with Gasteiger partial charge < -0.3 is 19.7 Å². The number of morpholine rings is 1. The van der Waals surface area contributed by atoms with Crippen LogP contribution < -0.4 is 10.1 Å². The van der Waals surface area contributed by atoms with E-state index in [1.165, 1.54) is 0 Å². The summed E-state index contributed by atoms with van der Waals surface area (Å²) < 4.78 is 10.9. The highest BCUT2D eigenvalue weighted by Crippen LogP contribution is 2.28. The van der Waals surface area contributed by atoms with Crippen LogP contribution in [0.15, 0.2) is 23.1 Å². The van der Waals surface area contributed by atoms with E-state index in [1.54, 1.807) is 23.8 Å². The van der Waals surface area contributed by atoms with E-state index in [-0.39, 0.29) is 30.5 Å². The molecule has 7 heteroatoms. The number of nitrogens with one attached hydrogen (secondary N) is 1. The fourth-order valence-electron chi connectivity index (χ4n) is 2.58. The molecular weight excluding hydrogens is 336 g/mol. The van der Waals surface area contributed by atoms with Crippen LogP contribution in [-0.4, -0.2) is 56.5 Å². The Labute approximate surface area is 148 Å². The van der Waals surface area contributed by atoms with Crippen LogP contribution in [0, 0.1) is 0 Å². The molecule has 130 valence electrons. The third-order valence-corrected chi connectivity index (χ3v) is 4.60. The number of nitrogens with zero attached hydrogens (tertiary/aromatic N) is 1. The van der Waals surface area contributed by atoms with E-state index in [1.807, 2.05) is 38.4 Å². The smallest absolute Gasteiger partial charge is 0.242 e. The van der Waals surface area contributed by atoms with E-state index in [0.29, 0.717) is 19.7 Å². The van der Waals surface area contributed by atoms with Crippen molar-refractivity contribution in [3.8, 4) is 5.75 Å². The van der Waals surface area contributed by atoms with E-state index in [2.05, 4.69) is 5.32 Å².